The van der Waals surface area contributed by atoms with Gasteiger partial charge >= 0.3 is 0 Å². The molecule has 0 atom stereocenters. The van der Waals surface area contributed by atoms with Gasteiger partial charge in [0.25, 0.3) is 0 Å². The first kappa shape index (κ1) is 14.9. The zero-order chi connectivity index (χ0) is 16.6. The lowest BCUT2D eigenvalue weighted by molar-refractivity contribution is 0.740. The molecular formula is C18H15N5S2. The van der Waals surface area contributed by atoms with Crippen molar-refractivity contribution >= 4 is 60.2 Å². The summed E-state index contributed by atoms with van der Waals surface area (Å²) in [5.41, 5.74) is 5.22. The van der Waals surface area contributed by atoms with Gasteiger partial charge in [0.2, 0.25) is 0 Å². The third-order valence-electron chi connectivity index (χ3n) is 4.27. The van der Waals surface area contributed by atoms with E-state index in [9.17, 15) is 0 Å². The Bertz CT molecular complexity index is 1100. The summed E-state index contributed by atoms with van der Waals surface area (Å²) in [4.78, 5) is 15.6. The number of rotatable bonds is 3. The van der Waals surface area contributed by atoms with Crippen LogP contribution in [0.4, 0.5) is 11.5 Å². The minimum absolute atomic E-state index is 0.839. The van der Waals surface area contributed by atoms with Gasteiger partial charge in [-0.15, -0.1) is 22.7 Å². The number of aromatic nitrogens is 3. The lowest BCUT2D eigenvalue weighted by Gasteiger charge is -2.12. The van der Waals surface area contributed by atoms with E-state index < -0.39 is 0 Å². The van der Waals surface area contributed by atoms with Gasteiger partial charge in [-0.3, -0.25) is 0 Å². The van der Waals surface area contributed by atoms with Gasteiger partial charge in [0, 0.05) is 17.1 Å². The summed E-state index contributed by atoms with van der Waals surface area (Å²) in [6.07, 6.45) is 5.02. The van der Waals surface area contributed by atoms with Gasteiger partial charge in [0.15, 0.2) is 0 Å². The van der Waals surface area contributed by atoms with Crippen molar-refractivity contribution < 1.29 is 0 Å². The van der Waals surface area contributed by atoms with Crippen molar-refractivity contribution in [2.45, 2.75) is 6.42 Å². The van der Waals surface area contributed by atoms with Gasteiger partial charge < -0.3 is 10.6 Å². The number of fused-ring (bicyclic) bond motifs is 2. The van der Waals surface area contributed by atoms with Gasteiger partial charge in [-0.1, -0.05) is 6.08 Å². The molecule has 0 spiro atoms. The monoisotopic (exact) mass is 365 g/mol. The number of thiophene rings is 1. The maximum Gasteiger partial charge on any atom is 0.142 e. The van der Waals surface area contributed by atoms with Crippen LogP contribution in [0, 0.1) is 0 Å². The van der Waals surface area contributed by atoms with E-state index in [1.54, 1.807) is 29.0 Å². The third-order valence-corrected chi connectivity index (χ3v) is 6.19. The number of thiazole rings is 1. The van der Waals surface area contributed by atoms with E-state index in [0.717, 1.165) is 46.7 Å². The molecule has 0 fully saturated rings. The molecule has 0 unspecified atom stereocenters. The van der Waals surface area contributed by atoms with Gasteiger partial charge in [-0.2, -0.15) is 0 Å². The molecule has 4 aromatic rings. The fourth-order valence-electron chi connectivity index (χ4n) is 3.02. The largest absolute Gasteiger partial charge is 0.340 e. The molecule has 5 rings (SSSR count). The number of nitrogens with one attached hydrogen (secondary N) is 2. The molecule has 1 aromatic carbocycles. The molecule has 1 aliphatic heterocycles. The van der Waals surface area contributed by atoms with Crippen LogP contribution in [0.25, 0.3) is 26.0 Å². The van der Waals surface area contributed by atoms with E-state index >= 15 is 0 Å². The molecule has 25 heavy (non-hydrogen) atoms. The Morgan fingerprint density at radius 3 is 3.04 bits per heavy atom. The zero-order valence-electron chi connectivity index (χ0n) is 13.3. The highest BCUT2D eigenvalue weighted by atomic mass is 32.1. The molecule has 2 N–H and O–H groups in total. The molecule has 124 valence electrons. The second-order valence-electron chi connectivity index (χ2n) is 5.91. The second-order valence-corrected chi connectivity index (χ2v) is 7.82. The minimum Gasteiger partial charge on any atom is -0.340 e. The molecule has 0 saturated heterocycles. The van der Waals surface area contributed by atoms with Crippen molar-refractivity contribution in [3.8, 4) is 0 Å². The number of nitrogens with zero attached hydrogens (tertiary/aromatic N) is 3. The maximum atomic E-state index is 4.46. The second kappa shape index (κ2) is 6.18. The summed E-state index contributed by atoms with van der Waals surface area (Å²) in [7, 11) is 0. The van der Waals surface area contributed by atoms with Crippen LogP contribution in [0.3, 0.4) is 0 Å². The Labute approximate surface area is 152 Å². The summed E-state index contributed by atoms with van der Waals surface area (Å²) >= 11 is 3.37. The van der Waals surface area contributed by atoms with Crippen LogP contribution >= 0.6 is 22.7 Å². The number of hydrogen-bond acceptors (Lipinski definition) is 7. The predicted octanol–water partition coefficient (Wildman–Crippen LogP) is 4.42. The van der Waals surface area contributed by atoms with Crippen LogP contribution in [0.2, 0.25) is 0 Å². The smallest absolute Gasteiger partial charge is 0.142 e. The van der Waals surface area contributed by atoms with E-state index in [4.69, 9.17) is 0 Å². The van der Waals surface area contributed by atoms with Crippen LogP contribution in [-0.4, -0.2) is 28.0 Å². The van der Waals surface area contributed by atoms with Crippen LogP contribution < -0.4 is 10.6 Å². The van der Waals surface area contributed by atoms with Gasteiger partial charge in [0.05, 0.1) is 21.1 Å². The molecular weight excluding hydrogens is 350 g/mol. The summed E-state index contributed by atoms with van der Waals surface area (Å²) < 4.78 is 1.19. The van der Waals surface area contributed by atoms with Crippen molar-refractivity contribution in [2.75, 3.05) is 18.4 Å². The molecule has 7 heteroatoms. The fraction of sp³-hybridized carbons (Fsp3) is 0.167. The summed E-state index contributed by atoms with van der Waals surface area (Å²) in [6.45, 7) is 1.98. The SMILES string of the molecule is C1=C(c2cc3c(Nc4ccc5scnc5c4)ncnc3s2)CNCC1. The Kier molecular flexibility index (Phi) is 3.70. The molecule has 0 radical (unpaired) electrons. The summed E-state index contributed by atoms with van der Waals surface area (Å²) in [5, 5.41) is 7.92. The lowest BCUT2D eigenvalue weighted by atomic mass is 10.1. The number of hydrogen-bond donors (Lipinski definition) is 2. The summed E-state index contributed by atoms with van der Waals surface area (Å²) in [5.74, 6) is 0.839. The number of anilines is 2. The van der Waals surface area contributed by atoms with Gasteiger partial charge in [-0.05, 0) is 42.8 Å². The highest BCUT2D eigenvalue weighted by Crippen LogP contribution is 2.34. The van der Waals surface area contributed by atoms with Crippen molar-refractivity contribution in [3.05, 3.63) is 47.1 Å². The first-order chi connectivity index (χ1) is 12.4. The lowest BCUT2D eigenvalue weighted by Crippen LogP contribution is -2.20. The molecule has 1 aliphatic rings. The third kappa shape index (κ3) is 2.80. The van der Waals surface area contributed by atoms with Crippen LogP contribution in [0.15, 0.2) is 42.2 Å². The zero-order valence-corrected chi connectivity index (χ0v) is 15.0. The van der Waals surface area contributed by atoms with E-state index in [-0.39, 0.29) is 0 Å². The first-order valence-electron chi connectivity index (χ1n) is 8.12. The van der Waals surface area contributed by atoms with Crippen molar-refractivity contribution in [1.29, 1.82) is 0 Å². The molecule has 0 saturated carbocycles. The average Bonchev–Trinajstić information content (AvgIpc) is 3.29. The molecule has 0 aliphatic carbocycles. The van der Waals surface area contributed by atoms with E-state index in [2.05, 4.69) is 55.9 Å². The highest BCUT2D eigenvalue weighted by Gasteiger charge is 2.13. The maximum absolute atomic E-state index is 4.46. The Morgan fingerprint density at radius 2 is 2.12 bits per heavy atom. The quantitative estimate of drug-likeness (QED) is 0.563. The van der Waals surface area contributed by atoms with Crippen LogP contribution in [0.5, 0.6) is 0 Å². The van der Waals surface area contributed by atoms with E-state index in [1.165, 1.54) is 15.2 Å². The van der Waals surface area contributed by atoms with E-state index in [0.29, 0.717) is 0 Å². The Balaban J connectivity index is 1.54. The van der Waals surface area contributed by atoms with Crippen molar-refractivity contribution in [3.63, 3.8) is 0 Å². The molecule has 4 heterocycles. The van der Waals surface area contributed by atoms with Crippen LogP contribution in [-0.2, 0) is 0 Å². The molecule has 0 bridgehead atoms. The Hall–Kier alpha value is -2.35. The van der Waals surface area contributed by atoms with Gasteiger partial charge in [0.1, 0.15) is 17.0 Å². The van der Waals surface area contributed by atoms with Gasteiger partial charge in [-0.25, -0.2) is 15.0 Å². The average molecular weight is 365 g/mol. The molecule has 5 nitrogen and oxygen atoms in total. The minimum atomic E-state index is 0.839. The highest BCUT2D eigenvalue weighted by molar-refractivity contribution is 7.19. The van der Waals surface area contributed by atoms with Crippen molar-refractivity contribution in [1.82, 2.24) is 20.3 Å². The summed E-state index contributed by atoms with van der Waals surface area (Å²) in [6, 6.07) is 8.41. The molecule has 0 amide bonds. The standard InChI is InChI=1S/C18H15N5S2/c1-2-11(8-19-5-1)16-7-13-17(20-9-21-18(13)25-16)23-12-3-4-15-14(6-12)22-10-24-15/h2-4,6-7,9-10,19H,1,5,8H2,(H,20,21,23). The van der Waals surface area contributed by atoms with Crippen molar-refractivity contribution in [2.24, 2.45) is 0 Å². The Morgan fingerprint density at radius 1 is 1.12 bits per heavy atom. The fourth-order valence-corrected chi connectivity index (χ4v) is 4.71. The molecule has 3 aromatic heterocycles. The number of benzene rings is 1. The first-order valence-corrected chi connectivity index (χ1v) is 9.81. The van der Waals surface area contributed by atoms with E-state index in [1.807, 2.05) is 5.51 Å². The normalized spacial score (nSPS) is 14.8. The van der Waals surface area contributed by atoms with Crippen LogP contribution in [0.1, 0.15) is 11.3 Å². The predicted molar refractivity (Wildman–Crippen MR) is 106 cm³/mol. The topological polar surface area (TPSA) is 62.7 Å².